The fourth-order valence-corrected chi connectivity index (χ4v) is 1.98. The van der Waals surface area contributed by atoms with Gasteiger partial charge in [-0.2, -0.15) is 5.26 Å². The van der Waals surface area contributed by atoms with Crippen LogP contribution in [-0.4, -0.2) is 16.5 Å². The number of hydrogen-bond donors (Lipinski definition) is 0. The van der Waals surface area contributed by atoms with Crippen LogP contribution in [0.5, 0.6) is 5.75 Å². The van der Waals surface area contributed by atoms with Gasteiger partial charge in [-0.3, -0.25) is 9.20 Å². The van der Waals surface area contributed by atoms with Gasteiger partial charge in [0.25, 0.3) is 5.56 Å². The van der Waals surface area contributed by atoms with Crippen LogP contribution in [0.15, 0.2) is 41.3 Å². The molecule has 1 aromatic carbocycles. The molecule has 0 aliphatic heterocycles. The summed E-state index contributed by atoms with van der Waals surface area (Å²) in [5.41, 5.74) is 1.31. The average Bonchev–Trinajstić information content (AvgIpc) is 2.46. The summed E-state index contributed by atoms with van der Waals surface area (Å²) in [5.74, 6) is 0.650. The molecule has 0 spiro atoms. The molecule has 3 aromatic rings. The molecule has 0 saturated heterocycles. The number of benzene rings is 1. The van der Waals surface area contributed by atoms with E-state index in [0.717, 1.165) is 0 Å². The first kappa shape index (κ1) is 11.2. The summed E-state index contributed by atoms with van der Waals surface area (Å²) in [6.07, 6.45) is 1.49. The highest BCUT2D eigenvalue weighted by atomic mass is 16.5. The number of nitriles is 1. The first-order valence-corrected chi connectivity index (χ1v) is 5.63. The van der Waals surface area contributed by atoms with Gasteiger partial charge in [0.2, 0.25) is 0 Å². The van der Waals surface area contributed by atoms with Crippen LogP contribution >= 0.6 is 0 Å². The Hall–Kier alpha value is -2.87. The van der Waals surface area contributed by atoms with Crippen LogP contribution in [0.4, 0.5) is 0 Å². The number of nitrogens with zero attached hydrogens (tertiary/aromatic N) is 3. The van der Waals surface area contributed by atoms with E-state index in [2.05, 4.69) is 4.98 Å². The summed E-state index contributed by atoms with van der Waals surface area (Å²) < 4.78 is 6.50. The molecule has 0 aliphatic rings. The second kappa shape index (κ2) is 4.10. The number of rotatable bonds is 1. The standard InChI is InChI=1S/C14H9N3O2/c1-19-10-3-4-11-12(6-10)16-13-5-2-9(7-15)8-17(13)14(11)18/h2-6,8H,1H3. The van der Waals surface area contributed by atoms with E-state index in [1.165, 1.54) is 10.6 Å². The molecule has 0 atom stereocenters. The maximum atomic E-state index is 12.3. The van der Waals surface area contributed by atoms with Crippen LogP contribution in [0.2, 0.25) is 0 Å². The third kappa shape index (κ3) is 1.70. The molecule has 19 heavy (non-hydrogen) atoms. The Morgan fingerprint density at radius 3 is 2.89 bits per heavy atom. The summed E-state index contributed by atoms with van der Waals surface area (Å²) in [7, 11) is 1.56. The zero-order valence-corrected chi connectivity index (χ0v) is 10.1. The average molecular weight is 251 g/mol. The van der Waals surface area contributed by atoms with E-state index >= 15 is 0 Å². The highest BCUT2D eigenvalue weighted by Crippen LogP contribution is 2.17. The Balaban J connectivity index is 2.45. The van der Waals surface area contributed by atoms with Crippen LogP contribution in [0.1, 0.15) is 5.56 Å². The van der Waals surface area contributed by atoms with E-state index in [-0.39, 0.29) is 5.56 Å². The molecule has 0 saturated carbocycles. The summed E-state index contributed by atoms with van der Waals surface area (Å²) >= 11 is 0. The molecular formula is C14H9N3O2. The largest absolute Gasteiger partial charge is 0.497 e. The molecule has 2 heterocycles. The van der Waals surface area contributed by atoms with Gasteiger partial charge in [-0.1, -0.05) is 0 Å². The Kier molecular flexibility index (Phi) is 2.43. The number of fused-ring (bicyclic) bond motifs is 2. The van der Waals surface area contributed by atoms with Crippen molar-refractivity contribution < 1.29 is 4.74 Å². The highest BCUT2D eigenvalue weighted by Gasteiger charge is 2.07. The monoisotopic (exact) mass is 251 g/mol. The maximum absolute atomic E-state index is 12.3. The minimum Gasteiger partial charge on any atom is -0.497 e. The summed E-state index contributed by atoms with van der Waals surface area (Å²) in [4.78, 5) is 16.7. The number of hydrogen-bond acceptors (Lipinski definition) is 4. The van der Waals surface area contributed by atoms with Crippen LogP contribution in [0.3, 0.4) is 0 Å². The number of methoxy groups -OCH3 is 1. The van der Waals surface area contributed by atoms with E-state index in [4.69, 9.17) is 10.00 Å². The second-order valence-electron chi connectivity index (χ2n) is 4.06. The van der Waals surface area contributed by atoms with Crippen molar-refractivity contribution in [1.82, 2.24) is 9.38 Å². The molecule has 0 bridgehead atoms. The highest BCUT2D eigenvalue weighted by molar-refractivity contribution is 5.81. The molecule has 0 N–H and O–H groups in total. The molecule has 0 fully saturated rings. The maximum Gasteiger partial charge on any atom is 0.265 e. The second-order valence-corrected chi connectivity index (χ2v) is 4.06. The lowest BCUT2D eigenvalue weighted by Gasteiger charge is -2.05. The SMILES string of the molecule is COc1ccc2c(=O)n3cc(C#N)ccc3nc2c1. The Morgan fingerprint density at radius 1 is 1.32 bits per heavy atom. The van der Waals surface area contributed by atoms with Crippen LogP contribution in [-0.2, 0) is 0 Å². The normalized spacial score (nSPS) is 10.5. The van der Waals surface area contributed by atoms with Gasteiger partial charge in [0, 0.05) is 12.3 Å². The minimum absolute atomic E-state index is 0.195. The van der Waals surface area contributed by atoms with Gasteiger partial charge in [0.05, 0.1) is 23.6 Å². The van der Waals surface area contributed by atoms with Gasteiger partial charge in [0.1, 0.15) is 17.5 Å². The Morgan fingerprint density at radius 2 is 2.16 bits per heavy atom. The number of ether oxygens (including phenoxy) is 1. The third-order valence-corrected chi connectivity index (χ3v) is 2.95. The lowest BCUT2D eigenvalue weighted by molar-refractivity contribution is 0.415. The van der Waals surface area contributed by atoms with Crippen LogP contribution in [0.25, 0.3) is 16.6 Å². The van der Waals surface area contributed by atoms with Crippen LogP contribution < -0.4 is 10.3 Å². The first-order valence-electron chi connectivity index (χ1n) is 5.63. The van der Waals surface area contributed by atoms with Gasteiger partial charge in [-0.15, -0.1) is 0 Å². The number of aromatic nitrogens is 2. The zero-order chi connectivity index (χ0) is 13.4. The van der Waals surface area contributed by atoms with Crippen molar-refractivity contribution >= 4 is 16.6 Å². The third-order valence-electron chi connectivity index (χ3n) is 2.95. The zero-order valence-electron chi connectivity index (χ0n) is 10.1. The molecule has 2 aromatic heterocycles. The molecule has 5 nitrogen and oxygen atoms in total. The predicted molar refractivity (Wildman–Crippen MR) is 70.2 cm³/mol. The first-order chi connectivity index (χ1) is 9.22. The summed E-state index contributed by atoms with van der Waals surface area (Å²) in [6.45, 7) is 0. The van der Waals surface area contributed by atoms with E-state index in [1.807, 2.05) is 6.07 Å². The molecule has 0 unspecified atom stereocenters. The van der Waals surface area contributed by atoms with Crippen molar-refractivity contribution in [3.63, 3.8) is 0 Å². The smallest absolute Gasteiger partial charge is 0.265 e. The summed E-state index contributed by atoms with van der Waals surface area (Å²) in [6, 6.07) is 10.4. The predicted octanol–water partition coefficient (Wildman–Crippen LogP) is 1.73. The van der Waals surface area contributed by atoms with Crippen LogP contribution in [0, 0.1) is 11.3 Å². The quantitative estimate of drug-likeness (QED) is 0.618. The van der Waals surface area contributed by atoms with Crippen molar-refractivity contribution in [3.05, 3.63) is 52.4 Å². The molecule has 0 aliphatic carbocycles. The van der Waals surface area contributed by atoms with Crippen molar-refractivity contribution in [2.24, 2.45) is 0 Å². The van der Waals surface area contributed by atoms with Gasteiger partial charge in [0.15, 0.2) is 0 Å². The van der Waals surface area contributed by atoms with E-state index < -0.39 is 0 Å². The molecule has 92 valence electrons. The summed E-state index contributed by atoms with van der Waals surface area (Å²) in [5, 5.41) is 9.36. The Labute approximate surface area is 108 Å². The topological polar surface area (TPSA) is 67.4 Å². The molecule has 3 rings (SSSR count). The van der Waals surface area contributed by atoms with Crippen molar-refractivity contribution in [2.75, 3.05) is 7.11 Å². The van der Waals surface area contributed by atoms with Crippen molar-refractivity contribution in [2.45, 2.75) is 0 Å². The fraction of sp³-hybridized carbons (Fsp3) is 0.0714. The van der Waals surface area contributed by atoms with Gasteiger partial charge in [-0.05, 0) is 24.3 Å². The van der Waals surface area contributed by atoms with Crippen molar-refractivity contribution in [1.29, 1.82) is 5.26 Å². The van der Waals surface area contributed by atoms with E-state index in [1.54, 1.807) is 37.4 Å². The minimum atomic E-state index is -0.195. The van der Waals surface area contributed by atoms with E-state index in [0.29, 0.717) is 27.9 Å². The van der Waals surface area contributed by atoms with Gasteiger partial charge in [-0.25, -0.2) is 4.98 Å². The Bertz CT molecular complexity index is 891. The van der Waals surface area contributed by atoms with E-state index in [9.17, 15) is 4.79 Å². The molecule has 5 heteroatoms. The van der Waals surface area contributed by atoms with Gasteiger partial charge >= 0.3 is 0 Å². The molecule has 0 amide bonds. The number of pyridine rings is 1. The van der Waals surface area contributed by atoms with Gasteiger partial charge < -0.3 is 4.74 Å². The lowest BCUT2D eigenvalue weighted by Crippen LogP contribution is -2.15. The fourth-order valence-electron chi connectivity index (χ4n) is 1.98. The lowest BCUT2D eigenvalue weighted by atomic mass is 10.2. The van der Waals surface area contributed by atoms with Crippen molar-refractivity contribution in [3.8, 4) is 11.8 Å². The molecular weight excluding hydrogens is 242 g/mol. The molecule has 0 radical (unpaired) electrons.